The molecular weight excluding hydrogens is 229 g/mol. The molecule has 0 aliphatic rings. The van der Waals surface area contributed by atoms with Crippen LogP contribution >= 0.6 is 0 Å². The Balaban J connectivity index is 2.68. The van der Waals surface area contributed by atoms with E-state index in [2.05, 4.69) is 24.3 Å². The van der Waals surface area contributed by atoms with Gasteiger partial charge < -0.3 is 5.43 Å². The lowest BCUT2D eigenvalue weighted by Gasteiger charge is -2.12. The molecule has 0 saturated heterocycles. The van der Waals surface area contributed by atoms with Crippen molar-refractivity contribution in [2.45, 2.75) is 27.2 Å². The number of anilines is 1. The maximum Gasteiger partial charge on any atom is 0.128 e. The molecule has 18 heavy (non-hydrogen) atoms. The second kappa shape index (κ2) is 4.90. The number of nitrogens with two attached hydrogens (primary N) is 1. The van der Waals surface area contributed by atoms with Crippen molar-refractivity contribution < 1.29 is 4.39 Å². The summed E-state index contributed by atoms with van der Waals surface area (Å²) in [6, 6.07) is 5.08. The molecule has 0 spiro atoms. The SMILES string of the molecule is Cc1c(F)ccc2c(NN)cc(CC(C)C)nc12. The van der Waals surface area contributed by atoms with Gasteiger partial charge in [-0.25, -0.2) is 4.39 Å². The number of hydrogen-bond acceptors (Lipinski definition) is 3. The molecule has 0 unspecified atom stereocenters. The first kappa shape index (κ1) is 12.8. The third kappa shape index (κ3) is 2.29. The quantitative estimate of drug-likeness (QED) is 0.647. The summed E-state index contributed by atoms with van der Waals surface area (Å²) < 4.78 is 13.6. The summed E-state index contributed by atoms with van der Waals surface area (Å²) in [6.07, 6.45) is 0.848. The first-order chi connectivity index (χ1) is 8.52. The standard InChI is InChI=1S/C14H18FN3/c1-8(2)6-10-7-13(18-16)11-4-5-12(15)9(3)14(11)17-10/h4-5,7-8H,6,16H2,1-3H3,(H,17,18). The van der Waals surface area contributed by atoms with Gasteiger partial charge in [0.25, 0.3) is 0 Å². The van der Waals surface area contributed by atoms with E-state index in [1.807, 2.05) is 6.07 Å². The van der Waals surface area contributed by atoms with Gasteiger partial charge in [0.15, 0.2) is 0 Å². The molecule has 4 heteroatoms. The lowest BCUT2D eigenvalue weighted by Crippen LogP contribution is -2.09. The largest absolute Gasteiger partial charge is 0.323 e. The lowest BCUT2D eigenvalue weighted by atomic mass is 10.0. The number of aromatic nitrogens is 1. The topological polar surface area (TPSA) is 50.9 Å². The van der Waals surface area contributed by atoms with Gasteiger partial charge >= 0.3 is 0 Å². The van der Waals surface area contributed by atoms with Crippen LogP contribution in [0.2, 0.25) is 0 Å². The zero-order valence-electron chi connectivity index (χ0n) is 10.9. The average molecular weight is 247 g/mol. The van der Waals surface area contributed by atoms with Gasteiger partial charge in [-0.2, -0.15) is 0 Å². The Hall–Kier alpha value is -1.68. The number of nitrogens with zero attached hydrogens (tertiary/aromatic N) is 1. The van der Waals surface area contributed by atoms with Crippen LogP contribution in [0.25, 0.3) is 10.9 Å². The third-order valence-electron chi connectivity index (χ3n) is 2.99. The van der Waals surface area contributed by atoms with Crippen LogP contribution in [0.5, 0.6) is 0 Å². The zero-order chi connectivity index (χ0) is 13.3. The average Bonchev–Trinajstić information content (AvgIpc) is 2.32. The minimum absolute atomic E-state index is 0.236. The first-order valence-corrected chi connectivity index (χ1v) is 6.08. The second-order valence-corrected chi connectivity index (χ2v) is 4.97. The minimum atomic E-state index is -0.236. The molecule has 1 aromatic heterocycles. The normalized spacial score (nSPS) is 11.2. The van der Waals surface area contributed by atoms with Gasteiger partial charge in [-0.3, -0.25) is 10.8 Å². The number of hydrazine groups is 1. The van der Waals surface area contributed by atoms with E-state index in [0.717, 1.165) is 23.2 Å². The highest BCUT2D eigenvalue weighted by Crippen LogP contribution is 2.27. The number of rotatable bonds is 3. The number of halogens is 1. The maximum absolute atomic E-state index is 13.6. The van der Waals surface area contributed by atoms with Crippen LogP contribution in [-0.4, -0.2) is 4.98 Å². The molecular formula is C14H18FN3. The predicted molar refractivity (Wildman–Crippen MR) is 72.8 cm³/mol. The molecule has 0 bridgehead atoms. The molecule has 0 saturated carbocycles. The van der Waals surface area contributed by atoms with Gasteiger partial charge in [-0.1, -0.05) is 13.8 Å². The van der Waals surface area contributed by atoms with Crippen molar-refractivity contribution in [2.75, 3.05) is 5.43 Å². The highest BCUT2D eigenvalue weighted by atomic mass is 19.1. The van der Waals surface area contributed by atoms with Crippen molar-refractivity contribution in [1.82, 2.24) is 4.98 Å². The predicted octanol–water partition coefficient (Wildman–Crippen LogP) is 3.17. The van der Waals surface area contributed by atoms with E-state index >= 15 is 0 Å². The highest BCUT2D eigenvalue weighted by molar-refractivity contribution is 5.93. The van der Waals surface area contributed by atoms with Crippen LogP contribution in [0.15, 0.2) is 18.2 Å². The summed E-state index contributed by atoms with van der Waals surface area (Å²) in [5.41, 5.74) is 5.63. The summed E-state index contributed by atoms with van der Waals surface area (Å²) in [4.78, 5) is 4.55. The van der Waals surface area contributed by atoms with E-state index < -0.39 is 0 Å². The Morgan fingerprint density at radius 2 is 2.11 bits per heavy atom. The molecule has 3 nitrogen and oxygen atoms in total. The number of nitrogens with one attached hydrogen (secondary N) is 1. The summed E-state index contributed by atoms with van der Waals surface area (Å²) in [5.74, 6) is 5.79. The Morgan fingerprint density at radius 1 is 1.39 bits per heavy atom. The molecule has 1 heterocycles. The first-order valence-electron chi connectivity index (χ1n) is 6.08. The molecule has 3 N–H and O–H groups in total. The minimum Gasteiger partial charge on any atom is -0.323 e. The molecule has 0 atom stereocenters. The van der Waals surface area contributed by atoms with E-state index in [4.69, 9.17) is 5.84 Å². The lowest BCUT2D eigenvalue weighted by molar-refractivity contribution is 0.619. The van der Waals surface area contributed by atoms with E-state index in [9.17, 15) is 4.39 Å². The van der Waals surface area contributed by atoms with Gasteiger partial charge in [-0.15, -0.1) is 0 Å². The summed E-state index contributed by atoms with van der Waals surface area (Å²) in [6.45, 7) is 5.99. The monoisotopic (exact) mass is 247 g/mol. The number of nitrogen functional groups attached to an aromatic ring is 1. The van der Waals surface area contributed by atoms with Crippen LogP contribution in [0.3, 0.4) is 0 Å². The van der Waals surface area contributed by atoms with Gasteiger partial charge in [0, 0.05) is 16.6 Å². The summed E-state index contributed by atoms with van der Waals surface area (Å²) in [5, 5.41) is 0.851. The zero-order valence-corrected chi connectivity index (χ0v) is 10.9. The van der Waals surface area contributed by atoms with Gasteiger partial charge in [-0.05, 0) is 37.5 Å². The van der Waals surface area contributed by atoms with Crippen molar-refractivity contribution in [1.29, 1.82) is 0 Å². The molecule has 0 aliphatic carbocycles. The fourth-order valence-corrected chi connectivity index (χ4v) is 2.10. The van der Waals surface area contributed by atoms with Crippen LogP contribution in [0.4, 0.5) is 10.1 Å². The van der Waals surface area contributed by atoms with E-state index in [1.54, 1.807) is 13.0 Å². The number of aryl methyl sites for hydroxylation is 1. The van der Waals surface area contributed by atoms with Crippen molar-refractivity contribution in [2.24, 2.45) is 11.8 Å². The summed E-state index contributed by atoms with van der Waals surface area (Å²) in [7, 11) is 0. The van der Waals surface area contributed by atoms with Crippen molar-refractivity contribution in [3.63, 3.8) is 0 Å². The number of pyridine rings is 1. The molecule has 0 amide bonds. The maximum atomic E-state index is 13.6. The highest BCUT2D eigenvalue weighted by Gasteiger charge is 2.11. The van der Waals surface area contributed by atoms with E-state index in [1.165, 1.54) is 6.07 Å². The van der Waals surface area contributed by atoms with Gasteiger partial charge in [0.05, 0.1) is 11.2 Å². The van der Waals surface area contributed by atoms with E-state index in [-0.39, 0.29) is 5.82 Å². The van der Waals surface area contributed by atoms with Crippen LogP contribution in [0, 0.1) is 18.7 Å². The molecule has 1 aromatic carbocycles. The van der Waals surface area contributed by atoms with Crippen LogP contribution < -0.4 is 11.3 Å². The van der Waals surface area contributed by atoms with Crippen molar-refractivity contribution >= 4 is 16.6 Å². The van der Waals surface area contributed by atoms with Crippen molar-refractivity contribution in [3.8, 4) is 0 Å². The van der Waals surface area contributed by atoms with Crippen molar-refractivity contribution in [3.05, 3.63) is 35.3 Å². The Labute approximate surface area is 106 Å². The molecule has 0 radical (unpaired) electrons. The molecule has 2 rings (SSSR count). The molecule has 0 aliphatic heterocycles. The fraction of sp³-hybridized carbons (Fsp3) is 0.357. The smallest absolute Gasteiger partial charge is 0.128 e. The van der Waals surface area contributed by atoms with Crippen LogP contribution in [-0.2, 0) is 6.42 Å². The van der Waals surface area contributed by atoms with Crippen LogP contribution in [0.1, 0.15) is 25.1 Å². The Bertz CT molecular complexity index is 579. The molecule has 96 valence electrons. The Morgan fingerprint density at radius 3 is 2.72 bits per heavy atom. The number of fused-ring (bicyclic) bond motifs is 1. The molecule has 2 aromatic rings. The second-order valence-electron chi connectivity index (χ2n) is 4.97. The fourth-order valence-electron chi connectivity index (χ4n) is 2.10. The number of benzene rings is 1. The van der Waals surface area contributed by atoms with E-state index in [0.29, 0.717) is 17.0 Å². The molecule has 0 fully saturated rings. The Kier molecular flexibility index (Phi) is 3.48. The van der Waals surface area contributed by atoms with Gasteiger partial charge in [0.2, 0.25) is 0 Å². The summed E-state index contributed by atoms with van der Waals surface area (Å²) >= 11 is 0. The number of hydrogen-bond donors (Lipinski definition) is 2. The third-order valence-corrected chi connectivity index (χ3v) is 2.99. The van der Waals surface area contributed by atoms with Gasteiger partial charge in [0.1, 0.15) is 5.82 Å².